The molecular formula is C22H32ClN3O3. The van der Waals surface area contributed by atoms with Crippen molar-refractivity contribution in [3.63, 3.8) is 0 Å². The van der Waals surface area contributed by atoms with Crippen molar-refractivity contribution in [3.05, 3.63) is 34.9 Å². The van der Waals surface area contributed by atoms with Crippen molar-refractivity contribution in [2.24, 2.45) is 5.92 Å². The van der Waals surface area contributed by atoms with Crippen LogP contribution in [-0.4, -0.2) is 72.6 Å². The number of ether oxygens (including phenoxy) is 1. The van der Waals surface area contributed by atoms with E-state index in [1.165, 1.54) is 12.8 Å². The third-order valence-corrected chi connectivity index (χ3v) is 6.03. The van der Waals surface area contributed by atoms with Gasteiger partial charge in [-0.25, -0.2) is 4.79 Å². The van der Waals surface area contributed by atoms with Crippen LogP contribution in [0, 0.1) is 5.92 Å². The van der Waals surface area contributed by atoms with E-state index < -0.39 is 0 Å². The maximum Gasteiger partial charge on any atom is 0.409 e. The number of hydrogen-bond acceptors (Lipinski definition) is 4. The SMILES string of the molecule is CCOC(=O)N1CCC[C@@H](C(=O)N(CCN2CCCC2)Cc2ccc(Cl)cc2)C1. The molecule has 0 aliphatic carbocycles. The first-order valence-electron chi connectivity index (χ1n) is 10.7. The lowest BCUT2D eigenvalue weighted by molar-refractivity contribution is -0.138. The molecule has 2 saturated heterocycles. The number of hydrogen-bond donors (Lipinski definition) is 0. The van der Waals surface area contributed by atoms with Crippen molar-refractivity contribution in [1.82, 2.24) is 14.7 Å². The minimum atomic E-state index is -0.314. The van der Waals surface area contributed by atoms with Gasteiger partial charge in [-0.1, -0.05) is 23.7 Å². The highest BCUT2D eigenvalue weighted by molar-refractivity contribution is 6.30. The minimum absolute atomic E-state index is 0.133. The molecule has 2 heterocycles. The van der Waals surface area contributed by atoms with Gasteiger partial charge in [-0.15, -0.1) is 0 Å². The van der Waals surface area contributed by atoms with Gasteiger partial charge in [0.25, 0.3) is 0 Å². The van der Waals surface area contributed by atoms with Gasteiger partial charge in [-0.2, -0.15) is 0 Å². The molecule has 0 aromatic heterocycles. The van der Waals surface area contributed by atoms with Crippen LogP contribution in [0.3, 0.4) is 0 Å². The number of piperidine rings is 1. The van der Waals surface area contributed by atoms with E-state index in [2.05, 4.69) is 4.90 Å². The average molecular weight is 422 g/mol. The van der Waals surface area contributed by atoms with Crippen LogP contribution in [0.1, 0.15) is 38.2 Å². The number of rotatable bonds is 7. The van der Waals surface area contributed by atoms with Gasteiger partial charge in [0.05, 0.1) is 12.5 Å². The lowest BCUT2D eigenvalue weighted by Crippen LogP contribution is -2.48. The highest BCUT2D eigenvalue weighted by Gasteiger charge is 2.32. The molecular weight excluding hydrogens is 390 g/mol. The zero-order chi connectivity index (χ0) is 20.6. The number of halogens is 1. The quantitative estimate of drug-likeness (QED) is 0.674. The molecule has 0 bridgehead atoms. The Balaban J connectivity index is 1.66. The standard InChI is InChI=1S/C22H32ClN3O3/c1-2-29-22(28)26-13-5-6-19(17-26)21(27)25(15-14-24-11-3-4-12-24)16-18-7-9-20(23)10-8-18/h7-10,19H,2-6,11-17H2,1H3/t19-/m1/s1. The Kier molecular flexibility index (Phi) is 8.19. The van der Waals surface area contributed by atoms with Crippen LogP contribution in [0.15, 0.2) is 24.3 Å². The van der Waals surface area contributed by atoms with E-state index in [4.69, 9.17) is 16.3 Å². The van der Waals surface area contributed by atoms with E-state index >= 15 is 0 Å². The van der Waals surface area contributed by atoms with Crippen LogP contribution in [0.2, 0.25) is 5.02 Å². The molecule has 2 fully saturated rings. The molecule has 6 nitrogen and oxygen atoms in total. The third kappa shape index (κ3) is 6.34. The van der Waals surface area contributed by atoms with Gasteiger partial charge in [0, 0.05) is 37.7 Å². The van der Waals surface area contributed by atoms with Crippen LogP contribution in [0.4, 0.5) is 4.79 Å². The van der Waals surface area contributed by atoms with Gasteiger partial charge < -0.3 is 19.4 Å². The molecule has 0 radical (unpaired) electrons. The second-order valence-corrected chi connectivity index (χ2v) is 8.36. The summed E-state index contributed by atoms with van der Waals surface area (Å²) in [5.74, 6) is -0.0350. The zero-order valence-corrected chi connectivity index (χ0v) is 18.1. The fourth-order valence-corrected chi connectivity index (χ4v) is 4.29. The predicted molar refractivity (Wildman–Crippen MR) is 114 cm³/mol. The number of likely N-dealkylation sites (tertiary alicyclic amines) is 2. The largest absolute Gasteiger partial charge is 0.450 e. The first kappa shape index (κ1) is 21.9. The van der Waals surface area contributed by atoms with E-state index in [1.54, 1.807) is 11.8 Å². The van der Waals surface area contributed by atoms with E-state index in [0.29, 0.717) is 37.8 Å². The minimum Gasteiger partial charge on any atom is -0.450 e. The van der Waals surface area contributed by atoms with Crippen LogP contribution in [0.25, 0.3) is 0 Å². The van der Waals surface area contributed by atoms with E-state index in [1.807, 2.05) is 29.2 Å². The molecule has 0 saturated carbocycles. The van der Waals surface area contributed by atoms with Crippen molar-refractivity contribution < 1.29 is 14.3 Å². The summed E-state index contributed by atoms with van der Waals surface area (Å²) in [5.41, 5.74) is 1.07. The van der Waals surface area contributed by atoms with Gasteiger partial charge in [-0.05, 0) is 63.4 Å². The van der Waals surface area contributed by atoms with E-state index in [9.17, 15) is 9.59 Å². The average Bonchev–Trinajstić information content (AvgIpc) is 3.26. The van der Waals surface area contributed by atoms with Crippen LogP contribution in [0.5, 0.6) is 0 Å². The summed E-state index contributed by atoms with van der Waals surface area (Å²) in [6.07, 6.45) is 3.81. The second kappa shape index (κ2) is 10.8. The molecule has 2 aliphatic heterocycles. The second-order valence-electron chi connectivity index (χ2n) is 7.92. The molecule has 1 atom stereocenters. The monoisotopic (exact) mass is 421 g/mol. The van der Waals surface area contributed by atoms with E-state index in [0.717, 1.165) is 38.0 Å². The van der Waals surface area contributed by atoms with Crippen molar-refractivity contribution in [1.29, 1.82) is 0 Å². The maximum atomic E-state index is 13.4. The molecule has 2 amide bonds. The third-order valence-electron chi connectivity index (χ3n) is 5.78. The molecule has 1 aromatic rings. The summed E-state index contributed by atoms with van der Waals surface area (Å²) < 4.78 is 5.13. The number of carbonyl (C=O) groups is 2. The topological polar surface area (TPSA) is 53.1 Å². The first-order valence-corrected chi connectivity index (χ1v) is 11.1. The molecule has 3 rings (SSSR count). The molecule has 160 valence electrons. The maximum absolute atomic E-state index is 13.4. The molecule has 29 heavy (non-hydrogen) atoms. The summed E-state index contributed by atoms with van der Waals surface area (Å²) >= 11 is 6.01. The number of carbonyl (C=O) groups excluding carboxylic acids is 2. The normalized spacial score (nSPS) is 19.9. The lowest BCUT2D eigenvalue weighted by atomic mass is 9.96. The highest BCUT2D eigenvalue weighted by Crippen LogP contribution is 2.21. The number of amides is 2. The Labute approximate surface area is 178 Å². The first-order chi connectivity index (χ1) is 14.1. The lowest BCUT2D eigenvalue weighted by Gasteiger charge is -2.35. The molecule has 0 unspecified atom stereocenters. The summed E-state index contributed by atoms with van der Waals surface area (Å²) in [7, 11) is 0. The van der Waals surface area contributed by atoms with Crippen LogP contribution in [-0.2, 0) is 16.1 Å². The van der Waals surface area contributed by atoms with Crippen molar-refractivity contribution in [2.45, 2.75) is 39.2 Å². The van der Waals surface area contributed by atoms with Gasteiger partial charge in [-0.3, -0.25) is 4.79 Å². The summed E-state index contributed by atoms with van der Waals surface area (Å²) in [5, 5.41) is 0.695. The molecule has 2 aliphatic rings. The fourth-order valence-electron chi connectivity index (χ4n) is 4.16. The molecule has 0 N–H and O–H groups in total. The molecule has 1 aromatic carbocycles. The highest BCUT2D eigenvalue weighted by atomic mass is 35.5. The Morgan fingerprint density at radius 1 is 1.14 bits per heavy atom. The Morgan fingerprint density at radius 3 is 2.55 bits per heavy atom. The van der Waals surface area contributed by atoms with Crippen molar-refractivity contribution in [3.8, 4) is 0 Å². The fraction of sp³-hybridized carbons (Fsp3) is 0.636. The van der Waals surface area contributed by atoms with Crippen molar-refractivity contribution >= 4 is 23.6 Å². The Bertz CT molecular complexity index is 676. The summed E-state index contributed by atoms with van der Waals surface area (Å²) in [4.78, 5) is 31.6. The molecule has 7 heteroatoms. The van der Waals surface area contributed by atoms with Crippen molar-refractivity contribution in [2.75, 3.05) is 45.9 Å². The van der Waals surface area contributed by atoms with Crippen LogP contribution >= 0.6 is 11.6 Å². The number of nitrogens with zero attached hydrogens (tertiary/aromatic N) is 3. The summed E-state index contributed by atoms with van der Waals surface area (Å²) in [6, 6.07) is 7.68. The number of benzene rings is 1. The van der Waals surface area contributed by atoms with Gasteiger partial charge in [0.1, 0.15) is 0 Å². The van der Waals surface area contributed by atoms with E-state index in [-0.39, 0.29) is 17.9 Å². The smallest absolute Gasteiger partial charge is 0.409 e. The van der Waals surface area contributed by atoms with Gasteiger partial charge in [0.15, 0.2) is 0 Å². The zero-order valence-electron chi connectivity index (χ0n) is 17.3. The Morgan fingerprint density at radius 2 is 1.86 bits per heavy atom. The van der Waals surface area contributed by atoms with Crippen LogP contribution < -0.4 is 0 Å². The van der Waals surface area contributed by atoms with Gasteiger partial charge in [0.2, 0.25) is 5.91 Å². The summed E-state index contributed by atoms with van der Waals surface area (Å²) in [6.45, 7) is 7.66. The molecule has 0 spiro atoms. The predicted octanol–water partition coefficient (Wildman–Crippen LogP) is 3.63. The van der Waals surface area contributed by atoms with Gasteiger partial charge >= 0.3 is 6.09 Å². The Hall–Kier alpha value is -1.79.